The third-order valence-electron chi connectivity index (χ3n) is 6.20. The van der Waals surface area contributed by atoms with Gasteiger partial charge >= 0.3 is 12.1 Å². The van der Waals surface area contributed by atoms with Crippen LogP contribution in [0.3, 0.4) is 0 Å². The summed E-state index contributed by atoms with van der Waals surface area (Å²) in [5, 5.41) is 15.0. The maximum absolute atomic E-state index is 12.6. The van der Waals surface area contributed by atoms with Crippen LogP contribution < -0.4 is 21.1 Å². The van der Waals surface area contributed by atoms with Crippen LogP contribution in [0, 0.1) is 0 Å². The lowest BCUT2D eigenvalue weighted by Gasteiger charge is -2.38. The van der Waals surface area contributed by atoms with Crippen LogP contribution in [-0.4, -0.2) is 75.3 Å². The zero-order chi connectivity index (χ0) is 24.7. The van der Waals surface area contributed by atoms with E-state index in [4.69, 9.17) is 38.8 Å². The molecule has 13 heteroatoms. The quantitative estimate of drug-likeness (QED) is 0.434. The molecule has 5 N–H and O–H groups in total. The van der Waals surface area contributed by atoms with Crippen molar-refractivity contribution in [1.82, 2.24) is 30.4 Å². The van der Waals surface area contributed by atoms with Gasteiger partial charge in [0.2, 0.25) is 5.95 Å². The van der Waals surface area contributed by atoms with Crippen LogP contribution in [0.4, 0.5) is 15.5 Å². The largest absolute Gasteiger partial charge is 0.491 e. The number of halogens is 2. The molecule has 1 aromatic heterocycles. The summed E-state index contributed by atoms with van der Waals surface area (Å²) >= 11 is 12.9. The fourth-order valence-electron chi connectivity index (χ4n) is 4.31. The zero-order valence-electron chi connectivity index (χ0n) is 18.8. The van der Waals surface area contributed by atoms with Crippen molar-refractivity contribution in [1.29, 1.82) is 0 Å². The second-order valence-corrected chi connectivity index (χ2v) is 9.79. The van der Waals surface area contributed by atoms with Gasteiger partial charge in [-0.1, -0.05) is 23.2 Å². The molecule has 3 amide bonds. The number of rotatable bonds is 7. The number of likely N-dealkylation sites (tertiary alicyclic amines) is 1. The van der Waals surface area contributed by atoms with Crippen LogP contribution in [0.1, 0.15) is 24.1 Å². The third kappa shape index (κ3) is 5.31. The topological polar surface area (TPSA) is 146 Å². The van der Waals surface area contributed by atoms with Crippen LogP contribution in [0.5, 0.6) is 5.75 Å². The van der Waals surface area contributed by atoms with E-state index in [9.17, 15) is 9.59 Å². The molecule has 0 spiro atoms. The summed E-state index contributed by atoms with van der Waals surface area (Å²) < 4.78 is 6.07. The molecule has 35 heavy (non-hydrogen) atoms. The molecule has 1 saturated heterocycles. The number of fused-ring (bicyclic) bond motifs is 1. The molecule has 2 fully saturated rings. The molecule has 186 valence electrons. The second kappa shape index (κ2) is 9.56. The average molecular weight is 522 g/mol. The van der Waals surface area contributed by atoms with E-state index in [1.807, 2.05) is 0 Å². The number of anilines is 1. The van der Waals surface area contributed by atoms with Crippen molar-refractivity contribution in [3.63, 3.8) is 0 Å². The van der Waals surface area contributed by atoms with Gasteiger partial charge in [-0.05, 0) is 25.0 Å². The first-order chi connectivity index (χ1) is 16.8. The van der Waals surface area contributed by atoms with Gasteiger partial charge in [0, 0.05) is 36.3 Å². The van der Waals surface area contributed by atoms with Crippen molar-refractivity contribution in [2.75, 3.05) is 32.0 Å². The van der Waals surface area contributed by atoms with Crippen molar-refractivity contribution in [2.24, 2.45) is 0 Å². The van der Waals surface area contributed by atoms with E-state index in [0.717, 1.165) is 18.4 Å². The number of ether oxygens (including phenoxy) is 1. The van der Waals surface area contributed by atoms with Crippen molar-refractivity contribution in [2.45, 2.75) is 38.0 Å². The van der Waals surface area contributed by atoms with Crippen LogP contribution in [0.2, 0.25) is 10.0 Å². The number of nitrogens with two attached hydrogens (primary N) is 1. The Morgan fingerprint density at radius 3 is 2.63 bits per heavy atom. The number of amides is 3. The van der Waals surface area contributed by atoms with E-state index in [0.29, 0.717) is 72.1 Å². The highest BCUT2D eigenvalue weighted by Gasteiger charge is 2.33. The SMILES string of the molecule is Nc1nc2c(c(-c3c(Cl)cc(Cl)cc3OCCN3CC(NC(=O)O)C3)n1)CN(C(=O)NC1CC1)C2. The fourth-order valence-corrected chi connectivity index (χ4v) is 4.88. The minimum atomic E-state index is -1.02. The van der Waals surface area contributed by atoms with Gasteiger partial charge in [0.15, 0.2) is 0 Å². The number of urea groups is 1. The van der Waals surface area contributed by atoms with Crippen LogP contribution in [0.15, 0.2) is 12.1 Å². The molecule has 3 heterocycles. The van der Waals surface area contributed by atoms with Crippen molar-refractivity contribution >= 4 is 41.3 Å². The van der Waals surface area contributed by atoms with Crippen molar-refractivity contribution in [3.8, 4) is 17.0 Å². The number of nitrogens with one attached hydrogen (secondary N) is 2. The molecular formula is C22H25Cl2N7O4. The monoisotopic (exact) mass is 521 g/mol. The Hall–Kier alpha value is -3.02. The Kier molecular flexibility index (Phi) is 6.47. The third-order valence-corrected chi connectivity index (χ3v) is 6.71. The van der Waals surface area contributed by atoms with Crippen LogP contribution in [0.25, 0.3) is 11.3 Å². The van der Waals surface area contributed by atoms with Crippen molar-refractivity contribution < 1.29 is 19.4 Å². The van der Waals surface area contributed by atoms with E-state index in [2.05, 4.69) is 25.5 Å². The van der Waals surface area contributed by atoms with Gasteiger partial charge in [0.1, 0.15) is 12.4 Å². The molecule has 0 bridgehead atoms. The summed E-state index contributed by atoms with van der Waals surface area (Å²) in [4.78, 5) is 35.9. The predicted molar refractivity (Wildman–Crippen MR) is 130 cm³/mol. The lowest BCUT2D eigenvalue weighted by Crippen LogP contribution is -2.59. The Labute approximate surface area is 211 Å². The first-order valence-electron chi connectivity index (χ1n) is 11.3. The summed E-state index contributed by atoms with van der Waals surface area (Å²) in [6, 6.07) is 3.31. The molecule has 0 unspecified atom stereocenters. The molecule has 0 radical (unpaired) electrons. The second-order valence-electron chi connectivity index (χ2n) is 8.95. The Bertz CT molecular complexity index is 1170. The van der Waals surface area contributed by atoms with Crippen LogP contribution >= 0.6 is 23.2 Å². The first kappa shape index (κ1) is 23.7. The Balaban J connectivity index is 1.34. The molecule has 1 aliphatic carbocycles. The lowest BCUT2D eigenvalue weighted by atomic mass is 10.0. The molecule has 0 atom stereocenters. The number of nitrogen functional groups attached to an aromatic ring is 1. The molecule has 1 saturated carbocycles. The molecular weight excluding hydrogens is 497 g/mol. The minimum absolute atomic E-state index is 0.0738. The predicted octanol–water partition coefficient (Wildman–Crippen LogP) is 2.55. The summed E-state index contributed by atoms with van der Waals surface area (Å²) in [6.07, 6.45) is 0.976. The van der Waals surface area contributed by atoms with Gasteiger partial charge in [0.25, 0.3) is 0 Å². The molecule has 1 aromatic carbocycles. The lowest BCUT2D eigenvalue weighted by molar-refractivity contribution is 0.101. The summed E-state index contributed by atoms with van der Waals surface area (Å²) in [6.45, 7) is 2.83. The number of hydrogen-bond donors (Lipinski definition) is 4. The molecule has 11 nitrogen and oxygen atoms in total. The summed E-state index contributed by atoms with van der Waals surface area (Å²) in [7, 11) is 0. The smallest absolute Gasteiger partial charge is 0.404 e. The van der Waals surface area contributed by atoms with E-state index < -0.39 is 6.09 Å². The molecule has 2 aliphatic heterocycles. The Morgan fingerprint density at radius 1 is 1.14 bits per heavy atom. The van der Waals surface area contributed by atoms with Gasteiger partial charge in [-0.3, -0.25) is 4.90 Å². The highest BCUT2D eigenvalue weighted by Crippen LogP contribution is 2.42. The minimum Gasteiger partial charge on any atom is -0.491 e. The molecule has 3 aliphatic rings. The maximum atomic E-state index is 12.6. The molecule has 5 rings (SSSR count). The van der Waals surface area contributed by atoms with Gasteiger partial charge < -0.3 is 31.1 Å². The molecule has 2 aromatic rings. The standard InChI is InChI=1S/C22H25Cl2N7O4/c23-11-5-15(24)18(17(6-11)35-4-3-30-7-13(8-30)27-22(33)34)19-14-9-31(21(32)26-12-1-2-12)10-16(14)28-20(25)29-19/h5-6,12-13,27H,1-4,7-10H2,(H,26,32)(H,33,34)(H2,25,28,29). The number of carbonyl (C=O) groups excluding carboxylic acids is 1. The van der Waals surface area contributed by atoms with Gasteiger partial charge in [-0.2, -0.15) is 0 Å². The summed E-state index contributed by atoms with van der Waals surface area (Å²) in [5.74, 6) is 0.530. The number of aromatic nitrogens is 2. The number of carbonyl (C=O) groups is 2. The van der Waals surface area contributed by atoms with E-state index in [1.165, 1.54) is 0 Å². The van der Waals surface area contributed by atoms with Crippen LogP contribution in [-0.2, 0) is 13.1 Å². The average Bonchev–Trinajstić information content (AvgIpc) is 3.45. The van der Waals surface area contributed by atoms with E-state index in [1.54, 1.807) is 17.0 Å². The number of hydrogen-bond acceptors (Lipinski definition) is 7. The fraction of sp³-hybridized carbons (Fsp3) is 0.455. The summed E-state index contributed by atoms with van der Waals surface area (Å²) in [5.41, 5.74) is 8.52. The van der Waals surface area contributed by atoms with E-state index >= 15 is 0 Å². The first-order valence-corrected chi connectivity index (χ1v) is 12.1. The normalized spacial score (nSPS) is 17.6. The van der Waals surface area contributed by atoms with E-state index in [-0.39, 0.29) is 24.1 Å². The van der Waals surface area contributed by atoms with Gasteiger partial charge in [-0.25, -0.2) is 19.6 Å². The highest BCUT2D eigenvalue weighted by molar-refractivity contribution is 6.37. The highest BCUT2D eigenvalue weighted by atomic mass is 35.5. The maximum Gasteiger partial charge on any atom is 0.404 e. The number of benzene rings is 1. The van der Waals surface area contributed by atoms with Gasteiger partial charge in [-0.15, -0.1) is 0 Å². The van der Waals surface area contributed by atoms with Crippen molar-refractivity contribution in [3.05, 3.63) is 33.4 Å². The van der Waals surface area contributed by atoms with Gasteiger partial charge in [0.05, 0.1) is 41.1 Å². The zero-order valence-corrected chi connectivity index (χ0v) is 20.3. The number of nitrogens with zero attached hydrogens (tertiary/aromatic N) is 4. The number of carboxylic acid groups (broad SMARTS) is 1. The Morgan fingerprint density at radius 2 is 1.91 bits per heavy atom.